The number of hydrogen-bond donors (Lipinski definition) is 2. The second-order valence-corrected chi connectivity index (χ2v) is 5.15. The summed E-state index contributed by atoms with van der Waals surface area (Å²) >= 11 is 0. The largest absolute Gasteiger partial charge is 0.488 e. The first-order valence-electron chi connectivity index (χ1n) is 3.99. The molecule has 0 amide bonds. The van der Waals surface area contributed by atoms with E-state index < -0.39 is 17.0 Å². The van der Waals surface area contributed by atoms with Crippen molar-refractivity contribution in [2.45, 2.75) is 11.8 Å². The second-order valence-electron chi connectivity index (χ2n) is 3.17. The Morgan fingerprint density at radius 2 is 1.86 bits per heavy atom. The van der Waals surface area contributed by atoms with E-state index in [-0.39, 0.29) is 10.4 Å². The second kappa shape index (κ2) is 3.72. The Balaban J connectivity index is 3.37. The molecule has 6 heteroatoms. The fourth-order valence-electron chi connectivity index (χ4n) is 1.18. The minimum absolute atomic E-state index is 0.128. The summed E-state index contributed by atoms with van der Waals surface area (Å²) < 4.78 is 22.5. The summed E-state index contributed by atoms with van der Waals surface area (Å²) in [5.74, 6) is 0. The highest BCUT2D eigenvalue weighted by atomic mass is 32.2. The highest BCUT2D eigenvalue weighted by molar-refractivity contribution is 7.90. The van der Waals surface area contributed by atoms with Crippen molar-refractivity contribution < 1.29 is 18.5 Å². The van der Waals surface area contributed by atoms with Crippen LogP contribution in [0, 0.1) is 6.92 Å². The van der Waals surface area contributed by atoms with Gasteiger partial charge in [0.25, 0.3) is 0 Å². The molecule has 14 heavy (non-hydrogen) atoms. The molecule has 0 aliphatic rings. The predicted octanol–water partition coefficient (Wildman–Crippen LogP) is -0.922. The predicted molar refractivity (Wildman–Crippen MR) is 54.1 cm³/mol. The lowest BCUT2D eigenvalue weighted by Crippen LogP contribution is -2.30. The first-order chi connectivity index (χ1) is 6.32. The molecule has 0 aliphatic heterocycles. The van der Waals surface area contributed by atoms with Crippen LogP contribution < -0.4 is 5.46 Å². The number of benzene rings is 1. The third-order valence-electron chi connectivity index (χ3n) is 1.91. The molecule has 2 N–H and O–H groups in total. The van der Waals surface area contributed by atoms with Crippen molar-refractivity contribution in [3.63, 3.8) is 0 Å². The number of sulfone groups is 1. The molecule has 0 aliphatic carbocycles. The molecule has 0 unspecified atom stereocenters. The normalized spacial score (nSPS) is 11.4. The van der Waals surface area contributed by atoms with Crippen molar-refractivity contribution in [1.29, 1.82) is 0 Å². The maximum atomic E-state index is 11.3. The zero-order valence-corrected chi connectivity index (χ0v) is 8.75. The quantitative estimate of drug-likeness (QED) is 0.624. The molecule has 1 aromatic rings. The summed E-state index contributed by atoms with van der Waals surface area (Å²) in [6, 6.07) is 4.30. The van der Waals surface area contributed by atoms with E-state index >= 15 is 0 Å². The molecule has 76 valence electrons. The smallest absolute Gasteiger partial charge is 0.423 e. The van der Waals surface area contributed by atoms with E-state index in [2.05, 4.69) is 0 Å². The summed E-state index contributed by atoms with van der Waals surface area (Å²) in [6.07, 6.45) is 1.09. The van der Waals surface area contributed by atoms with Gasteiger partial charge >= 0.3 is 7.12 Å². The van der Waals surface area contributed by atoms with Crippen LogP contribution in [-0.4, -0.2) is 31.8 Å². The summed E-state index contributed by atoms with van der Waals surface area (Å²) in [6.45, 7) is 1.66. The molecule has 0 aromatic heterocycles. The van der Waals surface area contributed by atoms with Gasteiger partial charge in [-0.15, -0.1) is 0 Å². The maximum Gasteiger partial charge on any atom is 0.488 e. The first-order valence-corrected chi connectivity index (χ1v) is 5.88. The van der Waals surface area contributed by atoms with Gasteiger partial charge in [-0.25, -0.2) is 8.42 Å². The number of aryl methyl sites for hydroxylation is 1. The Kier molecular flexibility index (Phi) is 2.99. The van der Waals surface area contributed by atoms with Crippen LogP contribution in [0.2, 0.25) is 0 Å². The van der Waals surface area contributed by atoms with Crippen LogP contribution in [0.25, 0.3) is 0 Å². The summed E-state index contributed by atoms with van der Waals surface area (Å²) in [5, 5.41) is 17.7. The van der Waals surface area contributed by atoms with E-state index in [1.165, 1.54) is 12.1 Å². The molecular weight excluding hydrogens is 203 g/mol. The van der Waals surface area contributed by atoms with Gasteiger partial charge in [0.2, 0.25) is 0 Å². The lowest BCUT2D eigenvalue weighted by Gasteiger charge is -2.06. The average Bonchev–Trinajstić information content (AvgIpc) is 2.02. The van der Waals surface area contributed by atoms with Gasteiger partial charge in [-0.05, 0) is 24.0 Å². The summed E-state index contributed by atoms with van der Waals surface area (Å²) in [4.78, 5) is 0.128. The Morgan fingerprint density at radius 1 is 1.29 bits per heavy atom. The molecule has 0 radical (unpaired) electrons. The van der Waals surface area contributed by atoms with E-state index in [9.17, 15) is 8.42 Å². The molecule has 0 fully saturated rings. The molecule has 0 heterocycles. The lowest BCUT2D eigenvalue weighted by atomic mass is 9.80. The third kappa shape index (κ3) is 2.34. The maximum absolute atomic E-state index is 11.3. The molecular formula is C8H11BO4S. The van der Waals surface area contributed by atoms with Gasteiger partial charge in [0.1, 0.15) is 0 Å². The van der Waals surface area contributed by atoms with Crippen molar-refractivity contribution in [1.82, 2.24) is 0 Å². The highest BCUT2D eigenvalue weighted by Gasteiger charge is 2.16. The van der Waals surface area contributed by atoms with Gasteiger partial charge in [-0.3, -0.25) is 0 Å². The van der Waals surface area contributed by atoms with Crippen LogP contribution in [0.5, 0.6) is 0 Å². The number of rotatable bonds is 2. The van der Waals surface area contributed by atoms with Gasteiger partial charge in [-0.2, -0.15) is 0 Å². The zero-order chi connectivity index (χ0) is 10.9. The molecule has 4 nitrogen and oxygen atoms in total. The minimum Gasteiger partial charge on any atom is -0.423 e. The molecule has 0 atom stereocenters. The van der Waals surface area contributed by atoms with E-state index in [1.807, 2.05) is 0 Å². The van der Waals surface area contributed by atoms with Crippen LogP contribution in [0.3, 0.4) is 0 Å². The topological polar surface area (TPSA) is 74.6 Å². The summed E-state index contributed by atoms with van der Waals surface area (Å²) in [7, 11) is -4.95. The van der Waals surface area contributed by atoms with Gasteiger partial charge < -0.3 is 10.0 Å². The van der Waals surface area contributed by atoms with Crippen molar-refractivity contribution in [3.05, 3.63) is 23.8 Å². The van der Waals surface area contributed by atoms with Crippen LogP contribution in [0.4, 0.5) is 0 Å². The van der Waals surface area contributed by atoms with Crippen LogP contribution in [-0.2, 0) is 9.84 Å². The molecule has 0 bridgehead atoms. The lowest BCUT2D eigenvalue weighted by molar-refractivity contribution is 0.425. The van der Waals surface area contributed by atoms with Crippen LogP contribution in [0.15, 0.2) is 23.1 Å². The molecule has 1 aromatic carbocycles. The molecule has 1 rings (SSSR count). The van der Waals surface area contributed by atoms with Gasteiger partial charge in [-0.1, -0.05) is 12.1 Å². The van der Waals surface area contributed by atoms with Crippen molar-refractivity contribution in [2.75, 3.05) is 6.26 Å². The third-order valence-corrected chi connectivity index (χ3v) is 3.15. The number of hydrogen-bond acceptors (Lipinski definition) is 4. The van der Waals surface area contributed by atoms with Crippen LogP contribution >= 0.6 is 0 Å². The van der Waals surface area contributed by atoms with Crippen molar-refractivity contribution >= 4 is 22.4 Å². The van der Waals surface area contributed by atoms with Crippen LogP contribution in [0.1, 0.15) is 5.56 Å². The van der Waals surface area contributed by atoms with Gasteiger partial charge in [0.05, 0.1) is 4.90 Å². The highest BCUT2D eigenvalue weighted by Crippen LogP contribution is 2.12. The average molecular weight is 214 g/mol. The Labute approximate surface area is 83.3 Å². The van der Waals surface area contributed by atoms with E-state index in [0.717, 1.165) is 6.26 Å². The van der Waals surface area contributed by atoms with Gasteiger partial charge in [0, 0.05) is 6.26 Å². The molecule has 0 spiro atoms. The Bertz CT molecular complexity index is 439. The Hall–Kier alpha value is -0.845. The Morgan fingerprint density at radius 3 is 2.29 bits per heavy atom. The zero-order valence-electron chi connectivity index (χ0n) is 7.93. The fourth-order valence-corrected chi connectivity index (χ4v) is 2.18. The monoisotopic (exact) mass is 214 g/mol. The fraction of sp³-hybridized carbons (Fsp3) is 0.250. The molecule has 0 saturated carbocycles. The van der Waals surface area contributed by atoms with E-state index in [0.29, 0.717) is 5.56 Å². The summed E-state index contributed by atoms with van der Waals surface area (Å²) in [5.41, 5.74) is 0.771. The first kappa shape index (κ1) is 11.2. The van der Waals surface area contributed by atoms with Crippen molar-refractivity contribution in [3.8, 4) is 0 Å². The van der Waals surface area contributed by atoms with E-state index in [1.54, 1.807) is 13.0 Å². The minimum atomic E-state index is -3.31. The SMILES string of the molecule is Cc1ccc(B(O)O)cc1S(C)(=O)=O. The van der Waals surface area contributed by atoms with E-state index in [4.69, 9.17) is 10.0 Å². The van der Waals surface area contributed by atoms with Crippen molar-refractivity contribution in [2.24, 2.45) is 0 Å². The molecule has 0 saturated heterocycles. The standard InChI is InChI=1S/C8H11BO4S/c1-6-3-4-7(9(10)11)5-8(6)14(2,12)13/h3-5,10-11H,1-2H3. The van der Waals surface area contributed by atoms with Gasteiger partial charge in [0.15, 0.2) is 9.84 Å².